The molecule has 9 nitrogen and oxygen atoms in total. The van der Waals surface area contributed by atoms with Crippen LogP contribution in [0.3, 0.4) is 0 Å². The molecule has 0 aromatic heterocycles. The Morgan fingerprint density at radius 3 is 2.47 bits per heavy atom. The summed E-state index contributed by atoms with van der Waals surface area (Å²) in [5, 5.41) is 14.2. The summed E-state index contributed by atoms with van der Waals surface area (Å²) in [6.07, 6.45) is 5.40. The number of amides is 1. The summed E-state index contributed by atoms with van der Waals surface area (Å²) < 4.78 is 10.4. The van der Waals surface area contributed by atoms with Gasteiger partial charge in [-0.2, -0.15) is 0 Å². The lowest BCUT2D eigenvalue weighted by Crippen LogP contribution is -2.59. The second-order valence-electron chi connectivity index (χ2n) is 7.81. The number of nitrogens with one attached hydrogen (secondary N) is 1. The van der Waals surface area contributed by atoms with Crippen LogP contribution in [0, 0.1) is 10.1 Å². The number of benzene rings is 1. The van der Waals surface area contributed by atoms with Crippen molar-refractivity contribution in [3.05, 3.63) is 39.4 Å². The maximum absolute atomic E-state index is 12.9. The summed E-state index contributed by atoms with van der Waals surface area (Å²) in [4.78, 5) is 38.0. The number of hydrogen-bond acceptors (Lipinski definition) is 7. The highest BCUT2D eigenvalue weighted by Crippen LogP contribution is 2.34. The normalized spacial score (nSPS) is 19.1. The van der Waals surface area contributed by atoms with Crippen molar-refractivity contribution in [1.29, 1.82) is 0 Å². The van der Waals surface area contributed by atoms with Gasteiger partial charge in [0.25, 0.3) is 11.6 Å². The van der Waals surface area contributed by atoms with Crippen LogP contribution in [0.15, 0.2) is 18.2 Å². The topological polar surface area (TPSA) is 111 Å². The van der Waals surface area contributed by atoms with Gasteiger partial charge in [0.1, 0.15) is 0 Å². The number of carbonyl (C=O) groups is 2. The molecule has 9 heteroatoms. The molecule has 1 amide bonds. The molecule has 1 saturated heterocycles. The van der Waals surface area contributed by atoms with Gasteiger partial charge >= 0.3 is 5.97 Å². The van der Waals surface area contributed by atoms with E-state index in [4.69, 9.17) is 9.47 Å². The number of hydrogen-bond donors (Lipinski definition) is 1. The second-order valence-corrected chi connectivity index (χ2v) is 7.81. The van der Waals surface area contributed by atoms with Crippen molar-refractivity contribution in [1.82, 2.24) is 10.2 Å². The van der Waals surface area contributed by atoms with E-state index < -0.39 is 16.8 Å². The third-order valence-electron chi connectivity index (χ3n) is 5.95. The van der Waals surface area contributed by atoms with E-state index >= 15 is 0 Å². The van der Waals surface area contributed by atoms with E-state index in [0.29, 0.717) is 19.8 Å². The Morgan fingerprint density at radius 2 is 1.83 bits per heavy atom. The number of carbonyl (C=O) groups excluding carboxylic acids is 2. The number of morpholine rings is 1. The van der Waals surface area contributed by atoms with Gasteiger partial charge < -0.3 is 14.8 Å². The molecule has 0 bridgehead atoms. The largest absolute Gasteiger partial charge is 0.462 e. The molecule has 0 spiro atoms. The first-order chi connectivity index (χ1) is 14.4. The standard InChI is InChI=1S/C21H29N3O6/c1-2-30-20(26)17-12-16(13-18(14-17)24(27)28)19(25)22-15-21(6-4-3-5-7-21)23-8-10-29-11-9-23/h12-14H,2-11,15H2,1H3,(H,22,25). The zero-order chi connectivity index (χ0) is 21.6. The van der Waals surface area contributed by atoms with E-state index in [1.54, 1.807) is 6.92 Å². The third-order valence-corrected chi connectivity index (χ3v) is 5.95. The number of nitrogens with zero attached hydrogens (tertiary/aromatic N) is 2. The van der Waals surface area contributed by atoms with E-state index in [9.17, 15) is 19.7 Å². The Balaban J connectivity index is 1.78. The summed E-state index contributed by atoms with van der Waals surface area (Å²) in [7, 11) is 0. The maximum Gasteiger partial charge on any atom is 0.338 e. The molecule has 0 atom stereocenters. The minimum Gasteiger partial charge on any atom is -0.462 e. The lowest BCUT2D eigenvalue weighted by Gasteiger charge is -2.48. The van der Waals surface area contributed by atoms with Crippen molar-refractivity contribution in [3.8, 4) is 0 Å². The van der Waals surface area contributed by atoms with Crippen molar-refractivity contribution in [2.24, 2.45) is 0 Å². The van der Waals surface area contributed by atoms with Crippen LogP contribution in [-0.2, 0) is 9.47 Å². The number of nitro groups is 1. The smallest absolute Gasteiger partial charge is 0.338 e. The molecule has 1 aliphatic carbocycles. The summed E-state index contributed by atoms with van der Waals surface area (Å²) in [5.74, 6) is -1.12. The number of nitro benzene ring substituents is 1. The van der Waals surface area contributed by atoms with Gasteiger partial charge in [0, 0.05) is 42.9 Å². The van der Waals surface area contributed by atoms with E-state index in [2.05, 4.69) is 10.2 Å². The summed E-state index contributed by atoms with van der Waals surface area (Å²) in [6, 6.07) is 3.67. The maximum atomic E-state index is 12.9. The highest BCUT2D eigenvalue weighted by molar-refractivity contribution is 5.99. The fraction of sp³-hybridized carbons (Fsp3) is 0.619. The first-order valence-corrected chi connectivity index (χ1v) is 10.5. The van der Waals surface area contributed by atoms with E-state index in [0.717, 1.165) is 44.8 Å². The Morgan fingerprint density at radius 1 is 1.17 bits per heavy atom. The first-order valence-electron chi connectivity index (χ1n) is 10.5. The SMILES string of the molecule is CCOC(=O)c1cc(C(=O)NCC2(N3CCOCC3)CCCCC2)cc([N+](=O)[O-])c1. The summed E-state index contributed by atoms with van der Waals surface area (Å²) >= 11 is 0. The highest BCUT2D eigenvalue weighted by Gasteiger charge is 2.39. The van der Waals surface area contributed by atoms with Gasteiger partial charge in [0.05, 0.1) is 30.3 Å². The van der Waals surface area contributed by atoms with Gasteiger partial charge in [-0.1, -0.05) is 19.3 Å². The summed E-state index contributed by atoms with van der Waals surface area (Å²) in [6.45, 7) is 5.29. The van der Waals surface area contributed by atoms with Gasteiger partial charge in [-0.3, -0.25) is 19.8 Å². The van der Waals surface area contributed by atoms with Crippen LogP contribution in [0.25, 0.3) is 0 Å². The van der Waals surface area contributed by atoms with Crippen LogP contribution >= 0.6 is 0 Å². The van der Waals surface area contributed by atoms with Crippen molar-refractivity contribution < 1.29 is 24.0 Å². The van der Waals surface area contributed by atoms with Gasteiger partial charge in [0.15, 0.2) is 0 Å². The van der Waals surface area contributed by atoms with Crippen LogP contribution in [0.2, 0.25) is 0 Å². The average Bonchev–Trinajstić information content (AvgIpc) is 2.78. The minimum absolute atomic E-state index is 0.00300. The lowest BCUT2D eigenvalue weighted by atomic mass is 9.79. The Bertz CT molecular complexity index is 785. The predicted molar refractivity (Wildman–Crippen MR) is 110 cm³/mol. The van der Waals surface area contributed by atoms with E-state index in [1.165, 1.54) is 18.6 Å². The number of rotatable bonds is 7. The van der Waals surface area contributed by atoms with Gasteiger partial charge in [-0.15, -0.1) is 0 Å². The Labute approximate surface area is 175 Å². The number of ether oxygens (including phenoxy) is 2. The van der Waals surface area contributed by atoms with Crippen molar-refractivity contribution >= 4 is 17.6 Å². The average molecular weight is 419 g/mol. The molecule has 2 aliphatic rings. The molecule has 2 fully saturated rings. The fourth-order valence-electron chi connectivity index (χ4n) is 4.38. The van der Waals surface area contributed by atoms with Crippen LogP contribution in [0.1, 0.15) is 59.7 Å². The van der Waals surface area contributed by atoms with Crippen LogP contribution in [-0.4, -0.2) is 66.7 Å². The molecule has 1 heterocycles. The molecular formula is C21H29N3O6. The molecule has 3 rings (SSSR count). The van der Waals surface area contributed by atoms with Gasteiger partial charge in [-0.25, -0.2) is 4.79 Å². The van der Waals surface area contributed by atoms with Gasteiger partial charge in [-0.05, 0) is 25.8 Å². The van der Waals surface area contributed by atoms with Crippen LogP contribution in [0.4, 0.5) is 5.69 Å². The fourth-order valence-corrected chi connectivity index (χ4v) is 4.38. The molecule has 164 valence electrons. The monoisotopic (exact) mass is 419 g/mol. The van der Waals surface area contributed by atoms with E-state index in [-0.39, 0.29) is 29.0 Å². The molecule has 1 N–H and O–H groups in total. The van der Waals surface area contributed by atoms with Crippen molar-refractivity contribution in [2.45, 2.75) is 44.6 Å². The van der Waals surface area contributed by atoms with Gasteiger partial charge in [0.2, 0.25) is 0 Å². The third kappa shape index (κ3) is 5.14. The van der Waals surface area contributed by atoms with E-state index in [1.807, 2.05) is 0 Å². The Hall–Kier alpha value is -2.52. The van der Waals surface area contributed by atoms with Crippen LogP contribution < -0.4 is 5.32 Å². The molecule has 1 aromatic rings. The predicted octanol–water partition coefficient (Wildman–Crippen LogP) is 2.54. The molecular weight excluding hydrogens is 390 g/mol. The van der Waals surface area contributed by atoms with Crippen LogP contribution in [0.5, 0.6) is 0 Å². The first kappa shape index (κ1) is 22.2. The highest BCUT2D eigenvalue weighted by atomic mass is 16.6. The molecule has 1 saturated carbocycles. The number of non-ortho nitro benzene ring substituents is 1. The Kier molecular flexibility index (Phi) is 7.38. The van der Waals surface area contributed by atoms with Crippen molar-refractivity contribution in [3.63, 3.8) is 0 Å². The minimum atomic E-state index is -0.688. The molecule has 1 aromatic carbocycles. The summed E-state index contributed by atoms with van der Waals surface area (Å²) in [5.41, 5.74) is -0.356. The second kappa shape index (κ2) is 9.99. The zero-order valence-electron chi connectivity index (χ0n) is 17.4. The quantitative estimate of drug-likeness (QED) is 0.411. The number of esters is 1. The lowest BCUT2D eigenvalue weighted by molar-refractivity contribution is -0.384. The zero-order valence-corrected chi connectivity index (χ0v) is 17.4. The van der Waals surface area contributed by atoms with Crippen molar-refractivity contribution in [2.75, 3.05) is 39.5 Å². The molecule has 1 aliphatic heterocycles. The molecule has 30 heavy (non-hydrogen) atoms. The molecule has 0 unspecified atom stereocenters. The molecule has 0 radical (unpaired) electrons.